The van der Waals surface area contributed by atoms with E-state index in [9.17, 15) is 9.59 Å². The number of methoxy groups -OCH3 is 1. The van der Waals surface area contributed by atoms with Gasteiger partial charge in [0.1, 0.15) is 11.3 Å². The molecule has 142 valence electrons. The SMILES string of the molecule is CCC1(c2ccc(OC)c(C)c2)NC(=O)N(Cc2c(Cl)cccc2Cl)C1=O. The number of urea groups is 1. The molecule has 0 aliphatic carbocycles. The second-order valence-electron chi connectivity index (χ2n) is 6.46. The summed E-state index contributed by atoms with van der Waals surface area (Å²) in [5.41, 5.74) is 1.02. The van der Waals surface area contributed by atoms with Crippen LogP contribution in [-0.2, 0) is 16.9 Å². The molecule has 1 saturated heterocycles. The van der Waals surface area contributed by atoms with Gasteiger partial charge in [-0.25, -0.2) is 4.79 Å². The topological polar surface area (TPSA) is 58.6 Å². The molecule has 1 heterocycles. The first-order valence-corrected chi connectivity index (χ1v) is 9.31. The summed E-state index contributed by atoms with van der Waals surface area (Å²) in [5.74, 6) is 0.400. The van der Waals surface area contributed by atoms with E-state index in [-0.39, 0.29) is 12.5 Å². The molecular weight excluding hydrogens is 387 g/mol. The van der Waals surface area contributed by atoms with Gasteiger partial charge in [-0.05, 0) is 48.7 Å². The molecule has 3 amide bonds. The highest BCUT2D eigenvalue weighted by Crippen LogP contribution is 2.36. The Hall–Kier alpha value is -2.24. The molecule has 5 nitrogen and oxygen atoms in total. The molecule has 1 aliphatic rings. The fraction of sp³-hybridized carbons (Fsp3) is 0.300. The lowest BCUT2D eigenvalue weighted by atomic mass is 9.86. The average Bonchev–Trinajstić information content (AvgIpc) is 2.89. The Labute approximate surface area is 168 Å². The molecule has 1 aliphatic heterocycles. The zero-order valence-electron chi connectivity index (χ0n) is 15.3. The number of ether oxygens (including phenoxy) is 1. The van der Waals surface area contributed by atoms with E-state index in [1.807, 2.05) is 19.9 Å². The van der Waals surface area contributed by atoms with E-state index in [0.717, 1.165) is 21.8 Å². The summed E-state index contributed by atoms with van der Waals surface area (Å²) in [6.45, 7) is 3.78. The molecule has 0 spiro atoms. The van der Waals surface area contributed by atoms with Gasteiger partial charge >= 0.3 is 6.03 Å². The van der Waals surface area contributed by atoms with Crippen LogP contribution in [0.2, 0.25) is 10.0 Å². The van der Waals surface area contributed by atoms with Crippen molar-refractivity contribution in [3.05, 3.63) is 63.1 Å². The lowest BCUT2D eigenvalue weighted by molar-refractivity contribution is -0.132. The average molecular weight is 407 g/mol. The van der Waals surface area contributed by atoms with Crippen molar-refractivity contribution in [3.63, 3.8) is 0 Å². The summed E-state index contributed by atoms with van der Waals surface area (Å²) in [5, 5.41) is 3.70. The first-order chi connectivity index (χ1) is 12.8. The lowest BCUT2D eigenvalue weighted by Gasteiger charge is -2.26. The van der Waals surface area contributed by atoms with Crippen molar-refractivity contribution in [2.24, 2.45) is 0 Å². The number of halogens is 2. The Morgan fingerprint density at radius 1 is 1.15 bits per heavy atom. The number of carbonyl (C=O) groups is 2. The Morgan fingerprint density at radius 2 is 1.81 bits per heavy atom. The molecule has 1 unspecified atom stereocenters. The summed E-state index contributed by atoms with van der Waals surface area (Å²) < 4.78 is 5.29. The van der Waals surface area contributed by atoms with Crippen molar-refractivity contribution in [3.8, 4) is 5.75 Å². The first kappa shape index (κ1) is 19.5. The van der Waals surface area contributed by atoms with Gasteiger partial charge in [-0.15, -0.1) is 0 Å². The summed E-state index contributed by atoms with van der Waals surface area (Å²) in [6.07, 6.45) is 0.413. The molecule has 1 atom stereocenters. The number of benzene rings is 2. The molecular formula is C20H20Cl2N2O3. The van der Waals surface area contributed by atoms with Gasteiger partial charge in [-0.1, -0.05) is 42.3 Å². The highest BCUT2D eigenvalue weighted by atomic mass is 35.5. The minimum absolute atomic E-state index is 0.0139. The van der Waals surface area contributed by atoms with Crippen LogP contribution in [0.4, 0.5) is 4.79 Å². The third-order valence-corrected chi connectivity index (χ3v) is 5.68. The van der Waals surface area contributed by atoms with E-state index in [4.69, 9.17) is 27.9 Å². The molecule has 0 radical (unpaired) electrons. The molecule has 27 heavy (non-hydrogen) atoms. The summed E-state index contributed by atoms with van der Waals surface area (Å²) in [7, 11) is 1.59. The quantitative estimate of drug-likeness (QED) is 0.733. The second kappa shape index (κ2) is 7.41. The minimum atomic E-state index is -1.12. The number of carbonyl (C=O) groups excluding carboxylic acids is 2. The van der Waals surface area contributed by atoms with Crippen molar-refractivity contribution in [2.75, 3.05) is 7.11 Å². The summed E-state index contributed by atoms with van der Waals surface area (Å²) in [6, 6.07) is 10.1. The Balaban J connectivity index is 1.99. The van der Waals surface area contributed by atoms with Crippen LogP contribution in [0, 0.1) is 6.92 Å². The summed E-state index contributed by atoms with van der Waals surface area (Å²) in [4.78, 5) is 27.1. The number of hydrogen-bond donors (Lipinski definition) is 1. The van der Waals surface area contributed by atoms with Gasteiger partial charge in [-0.2, -0.15) is 0 Å². The van der Waals surface area contributed by atoms with Crippen molar-refractivity contribution < 1.29 is 14.3 Å². The van der Waals surface area contributed by atoms with Crippen molar-refractivity contribution in [1.29, 1.82) is 0 Å². The molecule has 0 bridgehead atoms. The number of aryl methyl sites for hydroxylation is 1. The summed E-state index contributed by atoms with van der Waals surface area (Å²) >= 11 is 12.4. The third-order valence-electron chi connectivity index (χ3n) is 4.97. The molecule has 0 saturated carbocycles. The van der Waals surface area contributed by atoms with E-state index in [1.54, 1.807) is 37.4 Å². The zero-order valence-corrected chi connectivity index (χ0v) is 16.8. The van der Waals surface area contributed by atoms with E-state index >= 15 is 0 Å². The monoisotopic (exact) mass is 406 g/mol. The fourth-order valence-corrected chi connectivity index (χ4v) is 3.91. The predicted molar refractivity (Wildman–Crippen MR) is 105 cm³/mol. The van der Waals surface area contributed by atoms with E-state index in [0.29, 0.717) is 22.0 Å². The molecule has 3 rings (SSSR count). The second-order valence-corrected chi connectivity index (χ2v) is 7.28. The normalized spacial score (nSPS) is 19.4. The van der Waals surface area contributed by atoms with Gasteiger partial charge in [0, 0.05) is 15.6 Å². The molecule has 1 N–H and O–H groups in total. The first-order valence-electron chi connectivity index (χ1n) is 8.56. The van der Waals surface area contributed by atoms with Crippen LogP contribution >= 0.6 is 23.2 Å². The van der Waals surface area contributed by atoms with Crippen LogP contribution in [0.3, 0.4) is 0 Å². The highest BCUT2D eigenvalue weighted by Gasteiger charge is 2.51. The van der Waals surface area contributed by atoms with Crippen LogP contribution < -0.4 is 10.1 Å². The Bertz CT molecular complexity index is 896. The minimum Gasteiger partial charge on any atom is -0.496 e. The van der Waals surface area contributed by atoms with Gasteiger partial charge in [0.25, 0.3) is 5.91 Å². The Morgan fingerprint density at radius 3 is 2.37 bits per heavy atom. The van der Waals surface area contributed by atoms with Crippen LogP contribution in [0.15, 0.2) is 36.4 Å². The fourth-order valence-electron chi connectivity index (χ4n) is 3.39. The number of nitrogens with one attached hydrogen (secondary N) is 1. The van der Waals surface area contributed by atoms with Crippen LogP contribution in [0.5, 0.6) is 5.75 Å². The zero-order chi connectivity index (χ0) is 19.8. The molecule has 2 aromatic rings. The van der Waals surface area contributed by atoms with Gasteiger partial charge < -0.3 is 10.1 Å². The smallest absolute Gasteiger partial charge is 0.325 e. The maximum atomic E-state index is 13.3. The van der Waals surface area contributed by atoms with Crippen molar-refractivity contribution in [2.45, 2.75) is 32.4 Å². The molecule has 0 aromatic heterocycles. The number of imide groups is 1. The van der Waals surface area contributed by atoms with E-state index < -0.39 is 11.6 Å². The lowest BCUT2D eigenvalue weighted by Crippen LogP contribution is -2.43. The number of hydrogen-bond acceptors (Lipinski definition) is 3. The predicted octanol–water partition coefficient (Wildman–Crippen LogP) is 4.67. The highest BCUT2D eigenvalue weighted by molar-refractivity contribution is 6.36. The van der Waals surface area contributed by atoms with Gasteiger partial charge in [-0.3, -0.25) is 9.69 Å². The van der Waals surface area contributed by atoms with Crippen molar-refractivity contribution >= 4 is 35.1 Å². The molecule has 1 fully saturated rings. The van der Waals surface area contributed by atoms with E-state index in [1.165, 1.54) is 0 Å². The number of nitrogens with zero attached hydrogens (tertiary/aromatic N) is 1. The van der Waals surface area contributed by atoms with Gasteiger partial charge in [0.15, 0.2) is 0 Å². The van der Waals surface area contributed by atoms with Crippen LogP contribution in [0.25, 0.3) is 0 Å². The maximum absolute atomic E-state index is 13.3. The maximum Gasteiger partial charge on any atom is 0.325 e. The molecule has 7 heteroatoms. The van der Waals surface area contributed by atoms with E-state index in [2.05, 4.69) is 5.32 Å². The largest absolute Gasteiger partial charge is 0.496 e. The van der Waals surface area contributed by atoms with Crippen molar-refractivity contribution in [1.82, 2.24) is 10.2 Å². The standard InChI is InChI=1S/C20H20Cl2N2O3/c1-4-20(13-8-9-17(27-3)12(2)10-13)18(25)24(19(26)23-20)11-14-15(21)6-5-7-16(14)22/h5-10H,4,11H2,1-3H3,(H,23,26). The van der Waals surface area contributed by atoms with Gasteiger partial charge in [0.2, 0.25) is 0 Å². The molecule has 2 aromatic carbocycles. The Kier molecular flexibility index (Phi) is 5.36. The van der Waals surface area contributed by atoms with Gasteiger partial charge in [0.05, 0.1) is 13.7 Å². The van der Waals surface area contributed by atoms with Crippen LogP contribution in [0.1, 0.15) is 30.0 Å². The van der Waals surface area contributed by atoms with Crippen LogP contribution in [-0.4, -0.2) is 23.9 Å². The number of amides is 3. The number of rotatable bonds is 5. The third kappa shape index (κ3) is 3.26.